The molecule has 21 heavy (non-hydrogen) atoms. The van der Waals surface area contributed by atoms with Crippen LogP contribution in [0.3, 0.4) is 0 Å². The van der Waals surface area contributed by atoms with Gasteiger partial charge in [0.05, 0.1) is 0 Å². The maximum Gasteiger partial charge on any atom is 0.331 e. The molecular weight excluding hydrogens is 290 g/mol. The van der Waals surface area contributed by atoms with Crippen molar-refractivity contribution in [3.05, 3.63) is 70.7 Å². The van der Waals surface area contributed by atoms with Crippen molar-refractivity contribution < 1.29 is 14.7 Å². The van der Waals surface area contributed by atoms with E-state index in [1.165, 1.54) is 11.9 Å². The van der Waals surface area contributed by atoms with Crippen molar-refractivity contribution in [3.8, 4) is 0 Å². The fraction of sp³-hybridized carbons (Fsp3) is 0.125. The first kappa shape index (κ1) is 15.1. The molecule has 0 saturated heterocycles. The summed E-state index contributed by atoms with van der Waals surface area (Å²) in [4.78, 5) is 25.1. The summed E-state index contributed by atoms with van der Waals surface area (Å²) in [5, 5.41) is 9.94. The number of carboxylic acid groups (broad SMARTS) is 1. The quantitative estimate of drug-likeness (QED) is 0.943. The number of aliphatic carboxylic acids is 1. The summed E-state index contributed by atoms with van der Waals surface area (Å²) in [5.41, 5.74) is 0.943. The minimum Gasteiger partial charge on any atom is -0.479 e. The van der Waals surface area contributed by atoms with Crippen molar-refractivity contribution in [1.82, 2.24) is 4.90 Å². The van der Waals surface area contributed by atoms with Crippen LogP contribution < -0.4 is 0 Å². The Kier molecular flexibility index (Phi) is 4.60. The number of carboxylic acids is 1. The Morgan fingerprint density at radius 1 is 1.05 bits per heavy atom. The topological polar surface area (TPSA) is 57.6 Å². The summed E-state index contributed by atoms with van der Waals surface area (Å²) >= 11 is 5.79. The zero-order valence-electron chi connectivity index (χ0n) is 11.4. The summed E-state index contributed by atoms with van der Waals surface area (Å²) in [5.74, 6) is -1.45. The van der Waals surface area contributed by atoms with Crippen molar-refractivity contribution in [2.45, 2.75) is 6.04 Å². The molecule has 0 fully saturated rings. The second-order valence-corrected chi connectivity index (χ2v) is 5.01. The smallest absolute Gasteiger partial charge is 0.331 e. The largest absolute Gasteiger partial charge is 0.479 e. The van der Waals surface area contributed by atoms with Crippen LogP contribution >= 0.6 is 11.6 Å². The number of likely N-dealkylation sites (N-methyl/N-ethyl adjacent to an activating group) is 1. The first-order valence-electron chi connectivity index (χ1n) is 6.31. The van der Waals surface area contributed by atoms with E-state index in [0.717, 1.165) is 0 Å². The molecule has 0 heterocycles. The van der Waals surface area contributed by atoms with Gasteiger partial charge < -0.3 is 10.0 Å². The minimum atomic E-state index is -1.08. The molecule has 4 nitrogen and oxygen atoms in total. The van der Waals surface area contributed by atoms with Gasteiger partial charge in [-0.25, -0.2) is 4.79 Å². The normalized spacial score (nSPS) is 11.7. The van der Waals surface area contributed by atoms with Crippen LogP contribution in [-0.4, -0.2) is 28.9 Å². The van der Waals surface area contributed by atoms with E-state index >= 15 is 0 Å². The van der Waals surface area contributed by atoms with E-state index in [4.69, 9.17) is 11.6 Å². The molecule has 0 bridgehead atoms. The van der Waals surface area contributed by atoms with Gasteiger partial charge in [-0.2, -0.15) is 0 Å². The number of nitrogens with zero attached hydrogens (tertiary/aromatic N) is 1. The molecule has 1 atom stereocenters. The predicted octanol–water partition coefficient (Wildman–Crippen LogP) is 3.24. The highest BCUT2D eigenvalue weighted by atomic mass is 35.5. The molecule has 5 heteroatoms. The van der Waals surface area contributed by atoms with Crippen LogP contribution in [0.4, 0.5) is 0 Å². The van der Waals surface area contributed by atoms with Gasteiger partial charge in [0.25, 0.3) is 5.91 Å². The summed E-state index contributed by atoms with van der Waals surface area (Å²) in [6.45, 7) is 0. The summed E-state index contributed by atoms with van der Waals surface area (Å²) in [6, 6.07) is 14.0. The molecule has 0 aliphatic heterocycles. The van der Waals surface area contributed by atoms with Crippen LogP contribution in [0.5, 0.6) is 0 Å². The SMILES string of the molecule is CN(C(=O)c1ccc(Cl)cc1)C(C(=O)O)c1ccccc1. The highest BCUT2D eigenvalue weighted by molar-refractivity contribution is 6.30. The first-order valence-corrected chi connectivity index (χ1v) is 6.69. The van der Waals surface area contributed by atoms with Crippen LogP contribution in [0.2, 0.25) is 5.02 Å². The molecule has 0 radical (unpaired) electrons. The number of benzene rings is 2. The minimum absolute atomic E-state index is 0.372. The Morgan fingerprint density at radius 3 is 2.14 bits per heavy atom. The van der Waals surface area contributed by atoms with Gasteiger partial charge >= 0.3 is 5.97 Å². The molecule has 0 aromatic heterocycles. The van der Waals surface area contributed by atoms with E-state index < -0.39 is 12.0 Å². The third-order valence-electron chi connectivity index (χ3n) is 3.15. The third-order valence-corrected chi connectivity index (χ3v) is 3.40. The molecule has 0 spiro atoms. The fourth-order valence-electron chi connectivity index (χ4n) is 2.08. The lowest BCUT2D eigenvalue weighted by Crippen LogP contribution is -2.35. The third kappa shape index (κ3) is 3.41. The number of amides is 1. The van der Waals surface area contributed by atoms with E-state index in [-0.39, 0.29) is 5.91 Å². The molecular formula is C16H14ClNO3. The Bertz CT molecular complexity index is 640. The molecule has 2 aromatic rings. The standard InChI is InChI=1S/C16H14ClNO3/c1-18(15(19)12-7-9-13(17)10-8-12)14(16(20)21)11-5-3-2-4-6-11/h2-10,14H,1H3,(H,20,21). The maximum absolute atomic E-state index is 12.4. The lowest BCUT2D eigenvalue weighted by Gasteiger charge is -2.25. The summed E-state index contributed by atoms with van der Waals surface area (Å²) < 4.78 is 0. The Balaban J connectivity index is 2.31. The van der Waals surface area contributed by atoms with Crippen molar-refractivity contribution in [1.29, 1.82) is 0 Å². The van der Waals surface area contributed by atoms with Crippen LogP contribution in [-0.2, 0) is 4.79 Å². The number of carbonyl (C=O) groups excluding carboxylic acids is 1. The van der Waals surface area contributed by atoms with E-state index in [1.807, 2.05) is 0 Å². The number of rotatable bonds is 4. The first-order chi connectivity index (χ1) is 10.0. The van der Waals surface area contributed by atoms with E-state index in [9.17, 15) is 14.7 Å². The van der Waals surface area contributed by atoms with E-state index in [1.54, 1.807) is 54.6 Å². The second-order valence-electron chi connectivity index (χ2n) is 4.57. The molecule has 1 N–H and O–H groups in total. The van der Waals surface area contributed by atoms with Crippen molar-refractivity contribution in [2.75, 3.05) is 7.05 Å². The van der Waals surface area contributed by atoms with Crippen molar-refractivity contribution in [3.63, 3.8) is 0 Å². The zero-order valence-corrected chi connectivity index (χ0v) is 12.1. The maximum atomic E-state index is 12.4. The number of carbonyl (C=O) groups is 2. The predicted molar refractivity (Wildman–Crippen MR) is 80.4 cm³/mol. The molecule has 1 amide bonds. The number of halogens is 1. The van der Waals surface area contributed by atoms with E-state index in [0.29, 0.717) is 16.1 Å². The van der Waals surface area contributed by atoms with Crippen LogP contribution in [0.25, 0.3) is 0 Å². The average Bonchev–Trinajstić information content (AvgIpc) is 2.48. The van der Waals surface area contributed by atoms with Gasteiger partial charge in [0.15, 0.2) is 6.04 Å². The van der Waals surface area contributed by atoms with Gasteiger partial charge in [0.1, 0.15) is 0 Å². The molecule has 0 aliphatic carbocycles. The van der Waals surface area contributed by atoms with Crippen LogP contribution in [0.1, 0.15) is 22.0 Å². The number of hydrogen-bond donors (Lipinski definition) is 1. The number of hydrogen-bond acceptors (Lipinski definition) is 2. The lowest BCUT2D eigenvalue weighted by molar-refractivity contribution is -0.142. The Morgan fingerprint density at radius 2 is 1.62 bits per heavy atom. The van der Waals surface area contributed by atoms with Crippen LogP contribution in [0, 0.1) is 0 Å². The summed E-state index contributed by atoms with van der Waals surface area (Å²) in [7, 11) is 1.47. The van der Waals surface area contributed by atoms with Gasteiger partial charge in [-0.1, -0.05) is 41.9 Å². The fourth-order valence-corrected chi connectivity index (χ4v) is 2.21. The molecule has 108 valence electrons. The van der Waals surface area contributed by atoms with Gasteiger partial charge in [0.2, 0.25) is 0 Å². The molecule has 2 aromatic carbocycles. The van der Waals surface area contributed by atoms with Gasteiger partial charge in [0, 0.05) is 17.6 Å². The Hall–Kier alpha value is -2.33. The lowest BCUT2D eigenvalue weighted by atomic mass is 10.0. The molecule has 0 saturated carbocycles. The van der Waals surface area contributed by atoms with Gasteiger partial charge in [-0.15, -0.1) is 0 Å². The zero-order chi connectivity index (χ0) is 15.4. The highest BCUT2D eigenvalue weighted by Gasteiger charge is 2.28. The van der Waals surface area contributed by atoms with Crippen molar-refractivity contribution >= 4 is 23.5 Å². The second kappa shape index (κ2) is 6.41. The monoisotopic (exact) mass is 303 g/mol. The van der Waals surface area contributed by atoms with Gasteiger partial charge in [-0.05, 0) is 29.8 Å². The highest BCUT2D eigenvalue weighted by Crippen LogP contribution is 2.22. The van der Waals surface area contributed by atoms with Crippen molar-refractivity contribution in [2.24, 2.45) is 0 Å². The summed E-state index contributed by atoms with van der Waals surface area (Å²) in [6.07, 6.45) is 0. The Labute approximate surface area is 127 Å². The van der Waals surface area contributed by atoms with Gasteiger partial charge in [-0.3, -0.25) is 4.79 Å². The average molecular weight is 304 g/mol. The molecule has 2 rings (SSSR count). The molecule has 1 unspecified atom stereocenters. The van der Waals surface area contributed by atoms with Crippen LogP contribution in [0.15, 0.2) is 54.6 Å². The van der Waals surface area contributed by atoms with E-state index in [2.05, 4.69) is 0 Å². The molecule has 0 aliphatic rings.